The third-order valence-corrected chi connectivity index (χ3v) is 3.80. The van der Waals surface area contributed by atoms with Crippen molar-refractivity contribution in [2.45, 2.75) is 46.8 Å². The summed E-state index contributed by atoms with van der Waals surface area (Å²) in [4.78, 5) is 7.11. The molecule has 0 aromatic carbocycles. The minimum atomic E-state index is -0.0919. The number of morpholine rings is 1. The molecule has 0 spiro atoms. The molecule has 0 saturated carbocycles. The summed E-state index contributed by atoms with van der Waals surface area (Å²) in [5.74, 6) is 1.74. The average molecular weight is 291 g/mol. The fourth-order valence-corrected chi connectivity index (χ4v) is 2.65. The van der Waals surface area contributed by atoms with Crippen LogP contribution in [0, 0.1) is 12.8 Å². The molecule has 1 aromatic heterocycles. The molecule has 1 aliphatic heterocycles. The molecule has 0 amide bonds. The first-order valence-corrected chi connectivity index (χ1v) is 7.93. The molecule has 1 aliphatic rings. The highest BCUT2D eigenvalue weighted by Gasteiger charge is 2.27. The van der Waals surface area contributed by atoms with E-state index in [1.54, 1.807) is 0 Å². The van der Waals surface area contributed by atoms with Crippen molar-refractivity contribution in [3.8, 4) is 0 Å². The molecule has 0 aliphatic carbocycles. The fourth-order valence-electron chi connectivity index (χ4n) is 2.65. The van der Waals surface area contributed by atoms with Gasteiger partial charge in [-0.3, -0.25) is 0 Å². The van der Waals surface area contributed by atoms with Crippen LogP contribution in [0.25, 0.3) is 0 Å². The number of aryl methyl sites for hydroxylation is 1. The van der Waals surface area contributed by atoms with Gasteiger partial charge in [0.15, 0.2) is 0 Å². The quantitative estimate of drug-likeness (QED) is 0.905. The van der Waals surface area contributed by atoms with Gasteiger partial charge in [-0.15, -0.1) is 0 Å². The summed E-state index contributed by atoms with van der Waals surface area (Å²) in [5, 5.41) is 3.48. The molecule has 4 heteroatoms. The van der Waals surface area contributed by atoms with Gasteiger partial charge in [-0.1, -0.05) is 19.9 Å². The van der Waals surface area contributed by atoms with Crippen LogP contribution in [-0.2, 0) is 11.3 Å². The van der Waals surface area contributed by atoms with Crippen LogP contribution < -0.4 is 10.2 Å². The number of aromatic nitrogens is 1. The summed E-state index contributed by atoms with van der Waals surface area (Å²) in [7, 11) is 0. The second kappa shape index (κ2) is 6.75. The predicted molar refractivity (Wildman–Crippen MR) is 87.8 cm³/mol. The van der Waals surface area contributed by atoms with Gasteiger partial charge in [-0.2, -0.15) is 0 Å². The van der Waals surface area contributed by atoms with Crippen LogP contribution >= 0.6 is 0 Å². The largest absolute Gasteiger partial charge is 0.372 e. The lowest BCUT2D eigenvalue weighted by Gasteiger charge is -2.39. The lowest BCUT2D eigenvalue weighted by atomic mass is 10.1. The van der Waals surface area contributed by atoms with Crippen molar-refractivity contribution in [3.63, 3.8) is 0 Å². The van der Waals surface area contributed by atoms with Gasteiger partial charge >= 0.3 is 0 Å². The molecule has 4 nitrogen and oxygen atoms in total. The molecule has 1 saturated heterocycles. The summed E-state index contributed by atoms with van der Waals surface area (Å²) in [6.45, 7) is 15.3. The van der Waals surface area contributed by atoms with Crippen molar-refractivity contribution in [1.82, 2.24) is 10.3 Å². The van der Waals surface area contributed by atoms with Crippen LogP contribution in [-0.4, -0.2) is 36.8 Å². The second-order valence-electron chi connectivity index (χ2n) is 6.97. The van der Waals surface area contributed by atoms with E-state index in [9.17, 15) is 0 Å². The maximum atomic E-state index is 5.77. The van der Waals surface area contributed by atoms with E-state index in [0.29, 0.717) is 5.92 Å². The van der Waals surface area contributed by atoms with Gasteiger partial charge in [0.2, 0.25) is 0 Å². The molecule has 1 N–H and O–H groups in total. The van der Waals surface area contributed by atoms with Crippen molar-refractivity contribution in [3.05, 3.63) is 23.4 Å². The number of ether oxygens (including phenoxy) is 1. The molecular formula is C17H29N3O. The molecule has 0 atom stereocenters. The fraction of sp³-hybridized carbons (Fsp3) is 0.706. The molecule has 21 heavy (non-hydrogen) atoms. The van der Waals surface area contributed by atoms with Gasteiger partial charge < -0.3 is 15.0 Å². The van der Waals surface area contributed by atoms with E-state index in [2.05, 4.69) is 57.0 Å². The van der Waals surface area contributed by atoms with Gasteiger partial charge in [-0.05, 0) is 44.9 Å². The number of pyridine rings is 1. The maximum absolute atomic E-state index is 5.77. The zero-order valence-electron chi connectivity index (χ0n) is 14.1. The first-order chi connectivity index (χ1) is 9.87. The van der Waals surface area contributed by atoms with Gasteiger partial charge in [0.05, 0.1) is 12.2 Å². The van der Waals surface area contributed by atoms with E-state index in [4.69, 9.17) is 9.72 Å². The number of nitrogens with one attached hydrogen (secondary N) is 1. The summed E-state index contributed by atoms with van der Waals surface area (Å²) >= 11 is 0. The highest BCUT2D eigenvalue weighted by molar-refractivity contribution is 5.42. The topological polar surface area (TPSA) is 37.4 Å². The van der Waals surface area contributed by atoms with Crippen LogP contribution in [0.1, 0.15) is 39.0 Å². The van der Waals surface area contributed by atoms with Crippen molar-refractivity contribution in [2.75, 3.05) is 31.1 Å². The van der Waals surface area contributed by atoms with Crippen molar-refractivity contribution in [1.29, 1.82) is 0 Å². The third kappa shape index (κ3) is 4.68. The van der Waals surface area contributed by atoms with E-state index in [-0.39, 0.29) is 5.60 Å². The second-order valence-corrected chi connectivity index (χ2v) is 6.97. The number of hydrogen-bond donors (Lipinski definition) is 1. The number of rotatable bonds is 5. The molecule has 118 valence electrons. The molecular weight excluding hydrogens is 262 g/mol. The van der Waals surface area contributed by atoms with Crippen molar-refractivity contribution >= 4 is 5.82 Å². The molecule has 0 bridgehead atoms. The zero-order valence-corrected chi connectivity index (χ0v) is 14.1. The molecule has 0 radical (unpaired) electrons. The average Bonchev–Trinajstić information content (AvgIpc) is 2.39. The Morgan fingerprint density at radius 1 is 1.38 bits per heavy atom. The van der Waals surface area contributed by atoms with Gasteiger partial charge in [-0.25, -0.2) is 4.98 Å². The third-order valence-electron chi connectivity index (χ3n) is 3.80. The minimum Gasteiger partial charge on any atom is -0.372 e. The Morgan fingerprint density at radius 3 is 2.76 bits per heavy atom. The summed E-state index contributed by atoms with van der Waals surface area (Å²) in [6, 6.07) is 4.34. The Kier molecular flexibility index (Phi) is 5.22. The van der Waals surface area contributed by atoms with E-state index in [1.165, 1.54) is 5.56 Å². The van der Waals surface area contributed by atoms with Crippen LogP contribution in [0.15, 0.2) is 12.1 Å². The highest BCUT2D eigenvalue weighted by atomic mass is 16.5. The molecule has 2 heterocycles. The Hall–Kier alpha value is -1.13. The van der Waals surface area contributed by atoms with Crippen LogP contribution in [0.3, 0.4) is 0 Å². The zero-order chi connectivity index (χ0) is 15.5. The first-order valence-electron chi connectivity index (χ1n) is 7.93. The SMILES string of the molecule is Cc1nc(N2CCOC(C)(C)C2)ccc1CNCC(C)C. The van der Waals surface area contributed by atoms with E-state index < -0.39 is 0 Å². The molecule has 1 aromatic rings. The molecule has 2 rings (SSSR count). The number of anilines is 1. The normalized spacial score (nSPS) is 18.3. The van der Waals surface area contributed by atoms with E-state index >= 15 is 0 Å². The van der Waals surface area contributed by atoms with E-state index in [0.717, 1.165) is 44.3 Å². The lowest BCUT2D eigenvalue weighted by Crippen LogP contribution is -2.48. The van der Waals surface area contributed by atoms with E-state index in [1.807, 2.05) is 0 Å². The summed E-state index contributed by atoms with van der Waals surface area (Å²) < 4.78 is 5.77. The molecule has 1 fully saturated rings. The summed E-state index contributed by atoms with van der Waals surface area (Å²) in [5.41, 5.74) is 2.31. The first kappa shape index (κ1) is 16.2. The van der Waals surface area contributed by atoms with Crippen LogP contribution in [0.5, 0.6) is 0 Å². The van der Waals surface area contributed by atoms with Gasteiger partial charge in [0.1, 0.15) is 5.82 Å². The Bertz CT molecular complexity index is 471. The minimum absolute atomic E-state index is 0.0919. The molecule has 0 unspecified atom stereocenters. The smallest absolute Gasteiger partial charge is 0.128 e. The van der Waals surface area contributed by atoms with Gasteiger partial charge in [0, 0.05) is 25.3 Å². The Balaban J connectivity index is 2.01. The lowest BCUT2D eigenvalue weighted by molar-refractivity contribution is -0.0279. The predicted octanol–water partition coefficient (Wildman–Crippen LogP) is 2.75. The Labute approximate surface area is 128 Å². The number of nitrogens with zero attached hydrogens (tertiary/aromatic N) is 2. The van der Waals surface area contributed by atoms with Crippen molar-refractivity contribution < 1.29 is 4.74 Å². The summed E-state index contributed by atoms with van der Waals surface area (Å²) in [6.07, 6.45) is 0. The maximum Gasteiger partial charge on any atom is 0.128 e. The van der Waals surface area contributed by atoms with Crippen molar-refractivity contribution in [2.24, 2.45) is 5.92 Å². The number of hydrogen-bond acceptors (Lipinski definition) is 4. The standard InChI is InChI=1S/C17H29N3O/c1-13(2)10-18-11-15-6-7-16(19-14(15)3)20-8-9-21-17(4,5)12-20/h6-7,13,18H,8-12H2,1-5H3. The Morgan fingerprint density at radius 2 is 2.14 bits per heavy atom. The highest BCUT2D eigenvalue weighted by Crippen LogP contribution is 2.22. The van der Waals surface area contributed by atoms with Gasteiger partial charge in [0.25, 0.3) is 0 Å². The van der Waals surface area contributed by atoms with Crippen LogP contribution in [0.4, 0.5) is 5.82 Å². The van der Waals surface area contributed by atoms with Crippen LogP contribution in [0.2, 0.25) is 0 Å². The monoisotopic (exact) mass is 291 g/mol.